The molecular weight excluding hydrogens is 315 g/mol. The number of hydrogen-bond donors (Lipinski definition) is 1. The fraction of sp³-hybridized carbons (Fsp3) is 0.471. The van der Waals surface area contributed by atoms with Crippen molar-refractivity contribution in [1.29, 1.82) is 0 Å². The van der Waals surface area contributed by atoms with Crippen molar-refractivity contribution in [3.05, 3.63) is 35.1 Å². The van der Waals surface area contributed by atoms with Crippen LogP contribution in [0.15, 0.2) is 18.2 Å². The first-order valence-corrected chi connectivity index (χ1v) is 7.82. The maximum absolute atomic E-state index is 13.6. The number of carbonyl (C=O) groups excluding carboxylic acids is 2. The van der Waals surface area contributed by atoms with Gasteiger partial charge in [-0.05, 0) is 37.5 Å². The van der Waals surface area contributed by atoms with E-state index in [1.807, 2.05) is 0 Å². The van der Waals surface area contributed by atoms with E-state index in [1.54, 1.807) is 0 Å². The number of likely N-dealkylation sites (N-methyl/N-ethyl adjacent to an activating group) is 1. The van der Waals surface area contributed by atoms with Gasteiger partial charge in [0.1, 0.15) is 5.82 Å². The van der Waals surface area contributed by atoms with E-state index in [2.05, 4.69) is 0 Å². The smallest absolute Gasteiger partial charge is 0.308 e. The Kier molecular flexibility index (Phi) is 5.54. The Hall–Kier alpha value is -2.44. The highest BCUT2D eigenvalue weighted by Crippen LogP contribution is 2.18. The molecule has 1 N–H and O–H groups in total. The van der Waals surface area contributed by atoms with Crippen LogP contribution in [0.1, 0.15) is 28.8 Å². The molecule has 24 heavy (non-hydrogen) atoms. The molecule has 1 aliphatic heterocycles. The van der Waals surface area contributed by atoms with Gasteiger partial charge in [-0.15, -0.1) is 0 Å². The number of likely N-dealkylation sites (tertiary alicyclic amines) is 1. The molecule has 7 heteroatoms. The second kappa shape index (κ2) is 7.42. The fourth-order valence-corrected chi connectivity index (χ4v) is 2.82. The molecule has 1 fully saturated rings. The first-order valence-electron chi connectivity index (χ1n) is 7.82. The number of halogens is 1. The Morgan fingerprint density at radius 1 is 1.38 bits per heavy atom. The van der Waals surface area contributed by atoms with E-state index in [0.29, 0.717) is 19.4 Å². The number of carboxylic acids is 1. The van der Waals surface area contributed by atoms with Crippen LogP contribution in [0.4, 0.5) is 4.39 Å². The van der Waals surface area contributed by atoms with E-state index in [4.69, 9.17) is 5.11 Å². The van der Waals surface area contributed by atoms with Gasteiger partial charge < -0.3 is 14.9 Å². The van der Waals surface area contributed by atoms with Crippen molar-refractivity contribution in [2.75, 3.05) is 26.7 Å². The molecule has 2 rings (SSSR count). The molecule has 1 saturated heterocycles. The molecule has 0 unspecified atom stereocenters. The summed E-state index contributed by atoms with van der Waals surface area (Å²) < 4.78 is 13.6. The van der Waals surface area contributed by atoms with E-state index in [0.717, 1.165) is 0 Å². The summed E-state index contributed by atoms with van der Waals surface area (Å²) in [7, 11) is 1.48. The third kappa shape index (κ3) is 3.90. The van der Waals surface area contributed by atoms with E-state index >= 15 is 0 Å². The van der Waals surface area contributed by atoms with Crippen LogP contribution in [-0.4, -0.2) is 59.4 Å². The molecular formula is C17H21FN2O4. The summed E-state index contributed by atoms with van der Waals surface area (Å²) in [6, 6.07) is 4.24. The Morgan fingerprint density at radius 2 is 2.08 bits per heavy atom. The van der Waals surface area contributed by atoms with Crippen LogP contribution in [0.2, 0.25) is 0 Å². The van der Waals surface area contributed by atoms with Gasteiger partial charge in [-0.2, -0.15) is 0 Å². The topological polar surface area (TPSA) is 77.9 Å². The number of carboxylic acid groups (broad SMARTS) is 1. The molecule has 0 radical (unpaired) electrons. The quantitative estimate of drug-likeness (QED) is 0.904. The zero-order valence-electron chi connectivity index (χ0n) is 13.8. The van der Waals surface area contributed by atoms with Crippen LogP contribution < -0.4 is 0 Å². The maximum atomic E-state index is 13.6. The molecule has 6 nitrogen and oxygen atoms in total. The molecule has 130 valence electrons. The highest BCUT2D eigenvalue weighted by atomic mass is 19.1. The number of amides is 2. The molecule has 1 aromatic rings. The second-order valence-electron chi connectivity index (χ2n) is 6.09. The van der Waals surface area contributed by atoms with Crippen LogP contribution in [0, 0.1) is 18.7 Å². The van der Waals surface area contributed by atoms with Gasteiger partial charge in [-0.1, -0.05) is 6.07 Å². The summed E-state index contributed by atoms with van der Waals surface area (Å²) in [6.07, 6.45) is 1.18. The monoisotopic (exact) mass is 336 g/mol. The third-order valence-corrected chi connectivity index (χ3v) is 4.34. The van der Waals surface area contributed by atoms with Crippen molar-refractivity contribution < 1.29 is 23.9 Å². The minimum absolute atomic E-state index is 0.162. The zero-order valence-corrected chi connectivity index (χ0v) is 13.8. The number of hydrogen-bond acceptors (Lipinski definition) is 3. The van der Waals surface area contributed by atoms with Gasteiger partial charge in [-0.25, -0.2) is 4.39 Å². The van der Waals surface area contributed by atoms with Crippen molar-refractivity contribution >= 4 is 17.8 Å². The second-order valence-corrected chi connectivity index (χ2v) is 6.09. The van der Waals surface area contributed by atoms with E-state index in [9.17, 15) is 18.8 Å². The Balaban J connectivity index is 2.02. The van der Waals surface area contributed by atoms with Gasteiger partial charge in [0.05, 0.1) is 12.5 Å². The van der Waals surface area contributed by atoms with Crippen molar-refractivity contribution in [1.82, 2.24) is 9.80 Å². The number of benzene rings is 1. The normalized spacial score (nSPS) is 17.5. The Bertz CT molecular complexity index is 662. The van der Waals surface area contributed by atoms with Gasteiger partial charge in [0, 0.05) is 25.7 Å². The predicted molar refractivity (Wildman–Crippen MR) is 85.0 cm³/mol. The lowest BCUT2D eigenvalue weighted by Crippen LogP contribution is -2.47. The molecule has 1 aliphatic rings. The first-order chi connectivity index (χ1) is 11.3. The summed E-state index contributed by atoms with van der Waals surface area (Å²) in [5.74, 6) is -2.68. The van der Waals surface area contributed by atoms with E-state index in [-0.39, 0.29) is 30.1 Å². The highest BCUT2D eigenvalue weighted by molar-refractivity contribution is 5.97. The standard InChI is InChI=1S/C17H21FN2O4/c1-11-13(6-3-7-14(11)18)16(22)19(2)10-15(21)20-8-4-5-12(9-20)17(23)24/h3,6-7,12H,4-5,8-10H2,1-2H3,(H,23,24)/t12-/m1/s1. The van der Waals surface area contributed by atoms with Gasteiger partial charge in [0.15, 0.2) is 0 Å². The third-order valence-electron chi connectivity index (χ3n) is 4.34. The summed E-state index contributed by atoms with van der Waals surface area (Å²) >= 11 is 0. The average molecular weight is 336 g/mol. The zero-order chi connectivity index (χ0) is 17.9. The van der Waals surface area contributed by atoms with Crippen LogP contribution in [0.25, 0.3) is 0 Å². The van der Waals surface area contributed by atoms with E-state index < -0.39 is 23.6 Å². The van der Waals surface area contributed by atoms with Gasteiger partial charge in [-0.3, -0.25) is 14.4 Å². The summed E-state index contributed by atoms with van der Waals surface area (Å²) in [6.45, 7) is 2.00. The predicted octanol–water partition coefficient (Wildman–Crippen LogP) is 1.53. The van der Waals surface area contributed by atoms with Crippen LogP contribution >= 0.6 is 0 Å². The Morgan fingerprint density at radius 3 is 2.75 bits per heavy atom. The molecule has 1 aromatic carbocycles. The minimum Gasteiger partial charge on any atom is -0.481 e. The molecule has 0 spiro atoms. The SMILES string of the molecule is Cc1c(F)cccc1C(=O)N(C)CC(=O)N1CCC[C@@H](C(=O)O)C1. The molecule has 0 saturated carbocycles. The van der Waals surface area contributed by atoms with Crippen molar-refractivity contribution in [2.45, 2.75) is 19.8 Å². The van der Waals surface area contributed by atoms with Gasteiger partial charge >= 0.3 is 5.97 Å². The number of nitrogens with zero attached hydrogens (tertiary/aromatic N) is 2. The lowest BCUT2D eigenvalue weighted by atomic mass is 9.98. The summed E-state index contributed by atoms with van der Waals surface area (Å²) in [5.41, 5.74) is 0.457. The van der Waals surface area contributed by atoms with Gasteiger partial charge in [0.25, 0.3) is 5.91 Å². The Labute approximate surface area is 139 Å². The van der Waals surface area contributed by atoms with Crippen LogP contribution in [0.5, 0.6) is 0 Å². The first kappa shape index (κ1) is 17.9. The van der Waals surface area contributed by atoms with Crippen LogP contribution in [0.3, 0.4) is 0 Å². The lowest BCUT2D eigenvalue weighted by Gasteiger charge is -2.32. The van der Waals surface area contributed by atoms with Crippen molar-refractivity contribution in [2.24, 2.45) is 5.92 Å². The highest BCUT2D eigenvalue weighted by Gasteiger charge is 2.29. The average Bonchev–Trinajstić information content (AvgIpc) is 2.56. The molecule has 0 bridgehead atoms. The number of piperidine rings is 1. The molecule has 0 aromatic heterocycles. The molecule has 1 atom stereocenters. The lowest BCUT2D eigenvalue weighted by molar-refractivity contribution is -0.145. The largest absolute Gasteiger partial charge is 0.481 e. The number of rotatable bonds is 4. The van der Waals surface area contributed by atoms with E-state index in [1.165, 1.54) is 42.0 Å². The number of aliphatic carboxylic acids is 1. The van der Waals surface area contributed by atoms with Crippen molar-refractivity contribution in [3.63, 3.8) is 0 Å². The number of carbonyl (C=O) groups is 3. The van der Waals surface area contributed by atoms with Crippen LogP contribution in [-0.2, 0) is 9.59 Å². The molecule has 2 amide bonds. The van der Waals surface area contributed by atoms with Gasteiger partial charge in [0.2, 0.25) is 5.91 Å². The molecule has 1 heterocycles. The van der Waals surface area contributed by atoms with Crippen molar-refractivity contribution in [3.8, 4) is 0 Å². The fourth-order valence-electron chi connectivity index (χ4n) is 2.82. The minimum atomic E-state index is -0.910. The molecule has 0 aliphatic carbocycles. The summed E-state index contributed by atoms with van der Waals surface area (Å²) in [5, 5.41) is 9.08. The summed E-state index contributed by atoms with van der Waals surface area (Å²) in [4.78, 5) is 38.5. The maximum Gasteiger partial charge on any atom is 0.308 e.